The maximum atomic E-state index is 12.7. The Morgan fingerprint density at radius 3 is 2.55 bits per heavy atom. The number of amides is 1. The van der Waals surface area contributed by atoms with Crippen LogP contribution in [0.5, 0.6) is 0 Å². The molecule has 0 bridgehead atoms. The molecule has 0 radical (unpaired) electrons. The Kier molecular flexibility index (Phi) is 3.91. The number of carbonyl (C=O) groups is 2. The van der Waals surface area contributed by atoms with Crippen molar-refractivity contribution in [1.29, 1.82) is 0 Å². The highest BCUT2D eigenvalue weighted by molar-refractivity contribution is 9.10. The number of carboxylic acid groups (broad SMARTS) is 1. The largest absolute Gasteiger partial charge is 0.481 e. The number of hydrogen-bond donors (Lipinski definition) is 1. The minimum atomic E-state index is -0.828. The number of likely N-dealkylation sites (tertiary alicyclic amines) is 1. The van der Waals surface area contributed by atoms with Gasteiger partial charge >= 0.3 is 5.97 Å². The summed E-state index contributed by atoms with van der Waals surface area (Å²) in [6.07, 6.45) is 0.517. The lowest BCUT2D eigenvalue weighted by Gasteiger charge is -2.23. The Hall–Kier alpha value is -1.88. The van der Waals surface area contributed by atoms with Gasteiger partial charge in [0.2, 0.25) is 0 Å². The first kappa shape index (κ1) is 15.0. The summed E-state index contributed by atoms with van der Waals surface area (Å²) in [5, 5.41) is 11.2. The molecule has 1 amide bonds. The van der Waals surface area contributed by atoms with Crippen molar-refractivity contribution in [2.45, 2.75) is 19.4 Å². The summed E-state index contributed by atoms with van der Waals surface area (Å²) >= 11 is 3.43. The van der Waals surface area contributed by atoms with Crippen molar-refractivity contribution >= 4 is 38.6 Å². The van der Waals surface area contributed by atoms with E-state index in [0.717, 1.165) is 15.2 Å². The lowest BCUT2D eigenvalue weighted by atomic mass is 10.0. The van der Waals surface area contributed by atoms with Gasteiger partial charge in [-0.1, -0.05) is 28.1 Å². The second-order valence-electron chi connectivity index (χ2n) is 5.68. The monoisotopic (exact) mass is 361 g/mol. The van der Waals surface area contributed by atoms with Gasteiger partial charge in [0.15, 0.2) is 0 Å². The fraction of sp³-hybridized carbons (Fsp3) is 0.294. The number of carboxylic acids is 1. The highest BCUT2D eigenvalue weighted by Gasteiger charge is 2.38. The van der Waals surface area contributed by atoms with Crippen molar-refractivity contribution in [3.63, 3.8) is 0 Å². The first-order valence-corrected chi connectivity index (χ1v) is 8.00. The van der Waals surface area contributed by atoms with Crippen LogP contribution in [0.3, 0.4) is 0 Å². The molecule has 1 N–H and O–H groups in total. The molecule has 1 saturated heterocycles. The number of hydrogen-bond acceptors (Lipinski definition) is 2. The zero-order chi connectivity index (χ0) is 15.9. The van der Waals surface area contributed by atoms with Gasteiger partial charge < -0.3 is 10.0 Å². The van der Waals surface area contributed by atoms with Gasteiger partial charge in [-0.3, -0.25) is 9.59 Å². The third kappa shape index (κ3) is 2.61. The van der Waals surface area contributed by atoms with Gasteiger partial charge in [-0.2, -0.15) is 0 Å². The molecule has 22 heavy (non-hydrogen) atoms. The smallest absolute Gasteiger partial charge is 0.308 e. The summed E-state index contributed by atoms with van der Waals surface area (Å²) in [5.41, 5.74) is 0.604. The molecular formula is C17H16BrNO3. The molecule has 2 unspecified atom stereocenters. The number of fused-ring (bicyclic) bond motifs is 1. The van der Waals surface area contributed by atoms with Crippen LogP contribution in [0.4, 0.5) is 0 Å². The maximum absolute atomic E-state index is 12.7. The molecule has 0 aromatic heterocycles. The summed E-state index contributed by atoms with van der Waals surface area (Å²) in [6, 6.07) is 11.2. The number of benzene rings is 2. The van der Waals surface area contributed by atoms with Crippen LogP contribution in [-0.4, -0.2) is 34.5 Å². The van der Waals surface area contributed by atoms with Crippen molar-refractivity contribution in [2.75, 3.05) is 6.54 Å². The molecule has 1 heterocycles. The lowest BCUT2D eigenvalue weighted by Crippen LogP contribution is -2.37. The van der Waals surface area contributed by atoms with E-state index in [-0.39, 0.29) is 11.9 Å². The van der Waals surface area contributed by atoms with Crippen LogP contribution in [0.1, 0.15) is 23.7 Å². The van der Waals surface area contributed by atoms with Crippen LogP contribution < -0.4 is 0 Å². The maximum Gasteiger partial charge on any atom is 0.308 e. The van der Waals surface area contributed by atoms with E-state index in [1.807, 2.05) is 37.3 Å². The fourth-order valence-corrected chi connectivity index (χ4v) is 3.45. The Labute approximate surface area is 136 Å². The van der Waals surface area contributed by atoms with E-state index < -0.39 is 11.9 Å². The zero-order valence-corrected chi connectivity index (χ0v) is 13.7. The Morgan fingerprint density at radius 1 is 1.18 bits per heavy atom. The van der Waals surface area contributed by atoms with E-state index in [4.69, 9.17) is 0 Å². The molecule has 0 saturated carbocycles. The SMILES string of the molecule is CC1C(C(=O)O)CCN1C(=O)c1ccc2cc(Br)ccc2c1. The van der Waals surface area contributed by atoms with Crippen LogP contribution in [0, 0.1) is 5.92 Å². The highest BCUT2D eigenvalue weighted by Crippen LogP contribution is 2.27. The fourth-order valence-electron chi connectivity index (χ4n) is 3.07. The Balaban J connectivity index is 1.89. The van der Waals surface area contributed by atoms with Crippen molar-refractivity contribution in [2.24, 2.45) is 5.92 Å². The molecule has 2 atom stereocenters. The molecule has 1 fully saturated rings. The quantitative estimate of drug-likeness (QED) is 0.889. The standard InChI is InChI=1S/C17H16BrNO3/c1-10-15(17(21)22)6-7-19(10)16(20)13-3-2-12-9-14(18)5-4-11(12)8-13/h2-5,8-10,15H,6-7H2,1H3,(H,21,22). The van der Waals surface area contributed by atoms with E-state index in [1.165, 1.54) is 0 Å². The lowest BCUT2D eigenvalue weighted by molar-refractivity contribution is -0.142. The zero-order valence-electron chi connectivity index (χ0n) is 12.1. The molecular weight excluding hydrogens is 346 g/mol. The number of aliphatic carboxylic acids is 1. The van der Waals surface area contributed by atoms with Gasteiger partial charge in [-0.15, -0.1) is 0 Å². The summed E-state index contributed by atoms with van der Waals surface area (Å²) in [6.45, 7) is 2.30. The van der Waals surface area contributed by atoms with Crippen LogP contribution in [-0.2, 0) is 4.79 Å². The minimum Gasteiger partial charge on any atom is -0.481 e. The third-order valence-corrected chi connectivity index (χ3v) is 4.88. The predicted octanol–water partition coefficient (Wildman–Crippen LogP) is 3.54. The van der Waals surface area contributed by atoms with Gasteiger partial charge in [0, 0.05) is 22.6 Å². The first-order valence-electron chi connectivity index (χ1n) is 7.20. The van der Waals surface area contributed by atoms with Gasteiger partial charge in [-0.05, 0) is 48.4 Å². The third-order valence-electron chi connectivity index (χ3n) is 4.38. The Morgan fingerprint density at radius 2 is 1.86 bits per heavy atom. The second-order valence-corrected chi connectivity index (χ2v) is 6.59. The van der Waals surface area contributed by atoms with E-state index in [9.17, 15) is 14.7 Å². The molecule has 0 aliphatic carbocycles. The first-order chi connectivity index (χ1) is 10.5. The topological polar surface area (TPSA) is 57.6 Å². The Bertz CT molecular complexity index is 759. The van der Waals surface area contributed by atoms with Crippen molar-refractivity contribution in [3.05, 3.63) is 46.4 Å². The van der Waals surface area contributed by atoms with Crippen molar-refractivity contribution in [3.8, 4) is 0 Å². The molecule has 114 valence electrons. The van der Waals surface area contributed by atoms with Crippen molar-refractivity contribution in [1.82, 2.24) is 4.90 Å². The molecule has 0 spiro atoms. The summed E-state index contributed by atoms with van der Waals surface area (Å²) in [5.74, 6) is -1.40. The molecule has 1 aliphatic rings. The molecule has 2 aromatic carbocycles. The normalized spacial score (nSPS) is 21.3. The number of rotatable bonds is 2. The van der Waals surface area contributed by atoms with Gasteiger partial charge in [0.1, 0.15) is 0 Å². The molecule has 5 heteroatoms. The molecule has 3 rings (SSSR count). The van der Waals surface area contributed by atoms with Crippen LogP contribution >= 0.6 is 15.9 Å². The van der Waals surface area contributed by atoms with E-state index >= 15 is 0 Å². The molecule has 1 aliphatic heterocycles. The van der Waals surface area contributed by atoms with E-state index in [1.54, 1.807) is 11.0 Å². The average Bonchev–Trinajstić information content (AvgIpc) is 2.87. The number of carbonyl (C=O) groups excluding carboxylic acids is 1. The van der Waals surface area contributed by atoms with Crippen LogP contribution in [0.2, 0.25) is 0 Å². The van der Waals surface area contributed by atoms with Crippen molar-refractivity contribution < 1.29 is 14.7 Å². The predicted molar refractivity (Wildman–Crippen MR) is 87.9 cm³/mol. The highest BCUT2D eigenvalue weighted by atomic mass is 79.9. The number of nitrogens with zero attached hydrogens (tertiary/aromatic N) is 1. The minimum absolute atomic E-state index is 0.0962. The van der Waals surface area contributed by atoms with Crippen LogP contribution in [0.15, 0.2) is 40.9 Å². The van der Waals surface area contributed by atoms with Gasteiger partial charge in [-0.25, -0.2) is 0 Å². The molecule has 2 aromatic rings. The number of halogens is 1. The van der Waals surface area contributed by atoms with E-state index in [2.05, 4.69) is 15.9 Å². The average molecular weight is 362 g/mol. The summed E-state index contributed by atoms with van der Waals surface area (Å²) < 4.78 is 0.997. The summed E-state index contributed by atoms with van der Waals surface area (Å²) in [4.78, 5) is 25.5. The van der Waals surface area contributed by atoms with E-state index in [0.29, 0.717) is 18.5 Å². The van der Waals surface area contributed by atoms with Gasteiger partial charge in [0.05, 0.1) is 5.92 Å². The second kappa shape index (κ2) is 5.72. The molecule has 4 nitrogen and oxygen atoms in total. The van der Waals surface area contributed by atoms with Crippen LogP contribution in [0.25, 0.3) is 10.8 Å². The summed E-state index contributed by atoms with van der Waals surface area (Å²) in [7, 11) is 0. The van der Waals surface area contributed by atoms with Gasteiger partial charge in [0.25, 0.3) is 5.91 Å².